The molecular formula is C24H34N2O3S. The number of hydrogen-bond donors (Lipinski definition) is 1. The highest BCUT2D eigenvalue weighted by Gasteiger charge is 2.23. The van der Waals surface area contributed by atoms with Gasteiger partial charge in [-0.1, -0.05) is 58.0 Å². The van der Waals surface area contributed by atoms with Crippen LogP contribution >= 0.6 is 0 Å². The van der Waals surface area contributed by atoms with E-state index in [-0.39, 0.29) is 23.9 Å². The molecule has 0 aliphatic carbocycles. The third kappa shape index (κ3) is 6.08. The molecule has 6 heteroatoms. The number of nitrogens with one attached hydrogen (secondary N) is 1. The lowest BCUT2D eigenvalue weighted by molar-refractivity contribution is -0.120. The second-order valence-electron chi connectivity index (χ2n) is 8.94. The first-order chi connectivity index (χ1) is 13.8. The molecule has 0 saturated heterocycles. The Balaban J connectivity index is 2.22. The number of sulfonamides is 1. The number of amides is 1. The highest BCUT2D eigenvalue weighted by molar-refractivity contribution is 7.92. The molecule has 0 spiro atoms. The van der Waals surface area contributed by atoms with Gasteiger partial charge in [0.1, 0.15) is 6.54 Å². The maximum atomic E-state index is 12.8. The van der Waals surface area contributed by atoms with E-state index in [0.29, 0.717) is 12.1 Å². The van der Waals surface area contributed by atoms with Gasteiger partial charge in [0.25, 0.3) is 0 Å². The zero-order valence-corrected chi connectivity index (χ0v) is 19.9. The van der Waals surface area contributed by atoms with Gasteiger partial charge in [-0.15, -0.1) is 0 Å². The Morgan fingerprint density at radius 2 is 1.63 bits per heavy atom. The molecule has 1 atom stereocenters. The number of aryl methyl sites for hydroxylation is 2. The maximum absolute atomic E-state index is 12.8. The fourth-order valence-electron chi connectivity index (χ4n) is 3.30. The number of carbonyl (C=O) groups is 1. The standard InChI is InChI=1S/C24H34N2O3S/c1-8-22(19-10-9-17(2)18(3)15-19)25-23(27)16-26(30(7,28)29)21-13-11-20(12-14-21)24(4,5)6/h9-15,22H,8,16H2,1-7H3,(H,25,27). The number of anilines is 1. The van der Waals surface area contributed by atoms with Gasteiger partial charge in [0.15, 0.2) is 0 Å². The van der Waals surface area contributed by atoms with E-state index in [9.17, 15) is 13.2 Å². The second kappa shape index (κ2) is 9.21. The smallest absolute Gasteiger partial charge is 0.241 e. The molecule has 164 valence electrons. The van der Waals surface area contributed by atoms with Crippen LogP contribution in [-0.4, -0.2) is 27.1 Å². The summed E-state index contributed by atoms with van der Waals surface area (Å²) in [7, 11) is -3.61. The van der Waals surface area contributed by atoms with Crippen molar-refractivity contribution in [3.05, 3.63) is 64.7 Å². The van der Waals surface area contributed by atoms with Crippen molar-refractivity contribution in [3.8, 4) is 0 Å². The fourth-order valence-corrected chi connectivity index (χ4v) is 4.16. The fraction of sp³-hybridized carbons (Fsp3) is 0.458. The molecule has 0 aromatic heterocycles. The molecule has 1 N–H and O–H groups in total. The normalized spacial score (nSPS) is 13.0. The Morgan fingerprint density at radius 3 is 2.10 bits per heavy atom. The van der Waals surface area contributed by atoms with Crippen molar-refractivity contribution in [2.24, 2.45) is 0 Å². The molecule has 0 fully saturated rings. The van der Waals surface area contributed by atoms with Gasteiger partial charge in [0, 0.05) is 0 Å². The van der Waals surface area contributed by atoms with E-state index < -0.39 is 10.0 Å². The van der Waals surface area contributed by atoms with E-state index in [1.54, 1.807) is 12.1 Å². The summed E-state index contributed by atoms with van der Waals surface area (Å²) in [4.78, 5) is 12.8. The van der Waals surface area contributed by atoms with Crippen molar-refractivity contribution in [3.63, 3.8) is 0 Å². The molecule has 0 radical (unpaired) electrons. The van der Waals surface area contributed by atoms with Crippen LogP contribution in [0.1, 0.15) is 62.4 Å². The minimum Gasteiger partial charge on any atom is -0.348 e. The number of carbonyl (C=O) groups excluding carboxylic acids is 1. The Hall–Kier alpha value is -2.34. The first-order valence-electron chi connectivity index (χ1n) is 10.3. The van der Waals surface area contributed by atoms with Gasteiger partial charge in [-0.05, 0) is 60.1 Å². The molecule has 5 nitrogen and oxygen atoms in total. The summed E-state index contributed by atoms with van der Waals surface area (Å²) in [6.45, 7) is 12.1. The summed E-state index contributed by atoms with van der Waals surface area (Å²) in [5, 5.41) is 2.99. The van der Waals surface area contributed by atoms with Crippen molar-refractivity contribution in [2.75, 3.05) is 17.1 Å². The molecule has 2 rings (SSSR count). The molecule has 2 aromatic carbocycles. The molecule has 0 saturated carbocycles. The van der Waals surface area contributed by atoms with E-state index >= 15 is 0 Å². The van der Waals surface area contributed by atoms with Gasteiger partial charge < -0.3 is 5.32 Å². The lowest BCUT2D eigenvalue weighted by Gasteiger charge is -2.25. The van der Waals surface area contributed by atoms with Crippen molar-refractivity contribution < 1.29 is 13.2 Å². The van der Waals surface area contributed by atoms with E-state index in [0.717, 1.165) is 27.3 Å². The van der Waals surface area contributed by atoms with Gasteiger partial charge in [0.05, 0.1) is 18.0 Å². The third-order valence-electron chi connectivity index (χ3n) is 5.39. The zero-order valence-electron chi connectivity index (χ0n) is 19.1. The van der Waals surface area contributed by atoms with Crippen molar-refractivity contribution in [1.82, 2.24) is 5.32 Å². The largest absolute Gasteiger partial charge is 0.348 e. The van der Waals surface area contributed by atoms with Crippen LogP contribution < -0.4 is 9.62 Å². The van der Waals surface area contributed by atoms with Crippen LogP contribution in [-0.2, 0) is 20.2 Å². The van der Waals surface area contributed by atoms with Gasteiger partial charge in [-0.2, -0.15) is 0 Å². The van der Waals surface area contributed by atoms with Crippen LogP contribution in [0.25, 0.3) is 0 Å². The van der Waals surface area contributed by atoms with Gasteiger partial charge in [-0.25, -0.2) is 8.42 Å². The van der Waals surface area contributed by atoms with Crippen LogP contribution in [0.4, 0.5) is 5.69 Å². The van der Waals surface area contributed by atoms with Gasteiger partial charge >= 0.3 is 0 Å². The molecule has 0 aliphatic rings. The van der Waals surface area contributed by atoms with Crippen LogP contribution in [0.5, 0.6) is 0 Å². The average Bonchev–Trinajstić information content (AvgIpc) is 2.65. The average molecular weight is 431 g/mol. The zero-order chi connectivity index (χ0) is 22.7. The Kier molecular flexibility index (Phi) is 7.35. The molecular weight excluding hydrogens is 396 g/mol. The summed E-state index contributed by atoms with van der Waals surface area (Å²) >= 11 is 0. The summed E-state index contributed by atoms with van der Waals surface area (Å²) in [5.74, 6) is -0.328. The summed E-state index contributed by atoms with van der Waals surface area (Å²) in [5.41, 5.74) is 4.93. The van der Waals surface area contributed by atoms with Crippen molar-refractivity contribution in [2.45, 2.75) is 59.4 Å². The maximum Gasteiger partial charge on any atom is 0.241 e. The Labute approximate surface area is 181 Å². The quantitative estimate of drug-likeness (QED) is 0.696. The van der Waals surface area contributed by atoms with Crippen LogP contribution in [0.15, 0.2) is 42.5 Å². The molecule has 0 bridgehead atoms. The van der Waals surface area contributed by atoms with E-state index in [1.807, 2.05) is 45.0 Å². The third-order valence-corrected chi connectivity index (χ3v) is 6.53. The monoisotopic (exact) mass is 430 g/mol. The van der Waals surface area contributed by atoms with Crippen molar-refractivity contribution >= 4 is 21.6 Å². The van der Waals surface area contributed by atoms with Gasteiger partial charge in [0.2, 0.25) is 15.9 Å². The number of nitrogens with zero attached hydrogens (tertiary/aromatic N) is 1. The second-order valence-corrected chi connectivity index (χ2v) is 10.8. The Bertz CT molecular complexity index is 990. The topological polar surface area (TPSA) is 66.5 Å². The van der Waals surface area contributed by atoms with Crippen LogP contribution in [0.3, 0.4) is 0 Å². The summed E-state index contributed by atoms with van der Waals surface area (Å²) in [6.07, 6.45) is 1.84. The molecule has 1 amide bonds. The minimum absolute atomic E-state index is 0.0354. The molecule has 2 aromatic rings. The first-order valence-corrected chi connectivity index (χ1v) is 12.1. The van der Waals surface area contributed by atoms with E-state index in [4.69, 9.17) is 0 Å². The predicted octanol–water partition coefficient (Wildman–Crippen LogP) is 4.63. The summed E-state index contributed by atoms with van der Waals surface area (Å²) < 4.78 is 26.0. The van der Waals surface area contributed by atoms with E-state index in [1.165, 1.54) is 5.56 Å². The van der Waals surface area contributed by atoms with Crippen LogP contribution in [0, 0.1) is 13.8 Å². The molecule has 0 aliphatic heterocycles. The van der Waals surface area contributed by atoms with Crippen LogP contribution in [0.2, 0.25) is 0 Å². The SMILES string of the molecule is CCC(NC(=O)CN(c1ccc(C(C)(C)C)cc1)S(C)(=O)=O)c1ccc(C)c(C)c1. The molecule has 0 heterocycles. The number of rotatable bonds is 7. The minimum atomic E-state index is -3.61. The molecule has 30 heavy (non-hydrogen) atoms. The van der Waals surface area contributed by atoms with E-state index in [2.05, 4.69) is 32.2 Å². The number of benzene rings is 2. The van der Waals surface area contributed by atoms with Crippen molar-refractivity contribution in [1.29, 1.82) is 0 Å². The molecule has 1 unspecified atom stereocenters. The highest BCUT2D eigenvalue weighted by atomic mass is 32.2. The lowest BCUT2D eigenvalue weighted by atomic mass is 9.87. The Morgan fingerprint density at radius 1 is 1.03 bits per heavy atom. The van der Waals surface area contributed by atoms with Gasteiger partial charge in [-0.3, -0.25) is 9.10 Å². The lowest BCUT2D eigenvalue weighted by Crippen LogP contribution is -2.41. The first kappa shape index (κ1) is 23.9. The number of hydrogen-bond acceptors (Lipinski definition) is 3. The highest BCUT2D eigenvalue weighted by Crippen LogP contribution is 2.26. The summed E-state index contributed by atoms with van der Waals surface area (Å²) in [6, 6.07) is 13.3. The predicted molar refractivity (Wildman–Crippen MR) is 124 cm³/mol.